The highest BCUT2D eigenvalue weighted by Crippen LogP contribution is 2.26. The molecule has 4 heteroatoms. The summed E-state index contributed by atoms with van der Waals surface area (Å²) in [7, 11) is 0. The van der Waals surface area contributed by atoms with E-state index in [1.165, 1.54) is 12.8 Å². The number of para-hydroxylation sites is 1. The van der Waals surface area contributed by atoms with Crippen LogP contribution in [0.2, 0.25) is 0 Å². The summed E-state index contributed by atoms with van der Waals surface area (Å²) in [5.41, 5.74) is 2.71. The topological polar surface area (TPSA) is 45.2 Å². The van der Waals surface area contributed by atoms with E-state index in [1.807, 2.05) is 48.5 Å². The van der Waals surface area contributed by atoms with Gasteiger partial charge < -0.3 is 10.2 Å². The predicted molar refractivity (Wildman–Crippen MR) is 110 cm³/mol. The van der Waals surface area contributed by atoms with Crippen LogP contribution in [0.3, 0.4) is 0 Å². The van der Waals surface area contributed by atoms with Gasteiger partial charge in [0.2, 0.25) is 0 Å². The molecule has 0 saturated carbocycles. The van der Waals surface area contributed by atoms with Crippen LogP contribution >= 0.6 is 0 Å². The van der Waals surface area contributed by atoms with Crippen LogP contribution in [0, 0.1) is 0 Å². The molecular formula is C23H25N3O. The van der Waals surface area contributed by atoms with Crippen molar-refractivity contribution >= 4 is 22.6 Å². The molecule has 1 aliphatic heterocycles. The Morgan fingerprint density at radius 2 is 1.78 bits per heavy atom. The molecule has 4 nitrogen and oxygen atoms in total. The Morgan fingerprint density at radius 1 is 1.07 bits per heavy atom. The maximum atomic E-state index is 13.2. The summed E-state index contributed by atoms with van der Waals surface area (Å²) in [6, 6.07) is 20.0. The summed E-state index contributed by atoms with van der Waals surface area (Å²) >= 11 is 0. The Morgan fingerprint density at radius 3 is 2.52 bits per heavy atom. The number of nitrogens with zero attached hydrogens (tertiary/aromatic N) is 2. The second-order valence-electron chi connectivity index (χ2n) is 7.08. The molecule has 1 aliphatic rings. The van der Waals surface area contributed by atoms with E-state index in [0.717, 1.165) is 41.8 Å². The number of hydrogen-bond acceptors (Lipinski definition) is 3. The van der Waals surface area contributed by atoms with Crippen LogP contribution in [0.25, 0.3) is 10.9 Å². The van der Waals surface area contributed by atoms with Gasteiger partial charge in [0.05, 0.1) is 17.1 Å². The van der Waals surface area contributed by atoms with E-state index in [-0.39, 0.29) is 11.9 Å². The average Bonchev–Trinajstić information content (AvgIpc) is 3.26. The van der Waals surface area contributed by atoms with Crippen molar-refractivity contribution in [3.8, 4) is 0 Å². The minimum atomic E-state index is -0.0373. The van der Waals surface area contributed by atoms with E-state index in [9.17, 15) is 4.79 Å². The monoisotopic (exact) mass is 359 g/mol. The number of nitrogens with one attached hydrogen (secondary N) is 1. The van der Waals surface area contributed by atoms with Crippen molar-refractivity contribution in [3.05, 3.63) is 71.8 Å². The zero-order valence-corrected chi connectivity index (χ0v) is 15.7. The number of benzene rings is 2. The molecule has 1 atom stereocenters. The molecule has 138 valence electrons. The number of amides is 1. The van der Waals surface area contributed by atoms with E-state index < -0.39 is 0 Å². The van der Waals surface area contributed by atoms with Crippen LogP contribution in [0.5, 0.6) is 0 Å². The van der Waals surface area contributed by atoms with Gasteiger partial charge >= 0.3 is 0 Å². The summed E-state index contributed by atoms with van der Waals surface area (Å²) in [5, 5.41) is 4.13. The highest BCUT2D eigenvalue weighted by molar-refractivity contribution is 6.07. The first-order valence-corrected chi connectivity index (χ1v) is 9.77. The molecule has 0 spiro atoms. The van der Waals surface area contributed by atoms with Crippen molar-refractivity contribution in [1.82, 2.24) is 10.3 Å². The number of fused-ring (bicyclic) bond motifs is 1. The number of hydrogen-bond donors (Lipinski definition) is 1. The maximum Gasteiger partial charge on any atom is 0.252 e. The molecule has 27 heavy (non-hydrogen) atoms. The quantitative estimate of drug-likeness (QED) is 0.717. The Bertz CT molecular complexity index is 933. The molecule has 4 rings (SSSR count). The summed E-state index contributed by atoms with van der Waals surface area (Å²) in [5.74, 6) is 0.869. The zero-order valence-electron chi connectivity index (χ0n) is 15.7. The van der Waals surface area contributed by atoms with E-state index in [4.69, 9.17) is 4.98 Å². The number of carbonyl (C=O) groups excluding carboxylic acids is 1. The molecule has 1 amide bonds. The fourth-order valence-electron chi connectivity index (χ4n) is 3.80. The maximum absolute atomic E-state index is 13.2. The molecular weight excluding hydrogens is 334 g/mol. The van der Waals surface area contributed by atoms with Crippen molar-refractivity contribution in [2.45, 2.75) is 32.2 Å². The minimum absolute atomic E-state index is 0.000800. The highest BCUT2D eigenvalue weighted by Gasteiger charge is 2.20. The van der Waals surface area contributed by atoms with Crippen LogP contribution < -0.4 is 10.2 Å². The summed E-state index contributed by atoms with van der Waals surface area (Å²) in [4.78, 5) is 20.3. The van der Waals surface area contributed by atoms with Crippen molar-refractivity contribution in [2.75, 3.05) is 18.0 Å². The SMILES string of the molecule is CCC(NC(=O)c1cc(N2CCCC2)nc2ccccc12)c1ccccc1. The van der Waals surface area contributed by atoms with Crippen LogP contribution in [-0.4, -0.2) is 24.0 Å². The molecule has 0 aliphatic carbocycles. The molecule has 3 aromatic rings. The predicted octanol–water partition coefficient (Wildman–Crippen LogP) is 4.72. The van der Waals surface area contributed by atoms with Crippen LogP contribution in [0.4, 0.5) is 5.82 Å². The van der Waals surface area contributed by atoms with Crippen molar-refractivity contribution in [2.24, 2.45) is 0 Å². The Kier molecular flexibility index (Phi) is 5.05. The first-order valence-electron chi connectivity index (χ1n) is 9.77. The highest BCUT2D eigenvalue weighted by atomic mass is 16.1. The van der Waals surface area contributed by atoms with Gasteiger partial charge in [0, 0.05) is 18.5 Å². The van der Waals surface area contributed by atoms with Gasteiger partial charge in [0.15, 0.2) is 0 Å². The summed E-state index contributed by atoms with van der Waals surface area (Å²) < 4.78 is 0. The third-order valence-electron chi connectivity index (χ3n) is 5.29. The first kappa shape index (κ1) is 17.5. The van der Waals surface area contributed by atoms with Gasteiger partial charge in [-0.3, -0.25) is 4.79 Å². The lowest BCUT2D eigenvalue weighted by molar-refractivity contribution is 0.0937. The smallest absolute Gasteiger partial charge is 0.252 e. The molecule has 1 aromatic heterocycles. The van der Waals surface area contributed by atoms with Crippen molar-refractivity contribution < 1.29 is 4.79 Å². The summed E-state index contributed by atoms with van der Waals surface area (Å²) in [6.07, 6.45) is 3.21. The molecule has 2 heterocycles. The van der Waals surface area contributed by atoms with Crippen molar-refractivity contribution in [3.63, 3.8) is 0 Å². The van der Waals surface area contributed by atoms with Gasteiger partial charge in [-0.25, -0.2) is 4.98 Å². The molecule has 0 bridgehead atoms. The van der Waals surface area contributed by atoms with Gasteiger partial charge in [-0.2, -0.15) is 0 Å². The number of anilines is 1. The van der Waals surface area contributed by atoms with Gasteiger partial charge in [-0.15, -0.1) is 0 Å². The molecule has 1 fully saturated rings. The van der Waals surface area contributed by atoms with Crippen LogP contribution in [0.1, 0.15) is 48.1 Å². The number of rotatable bonds is 5. The number of aromatic nitrogens is 1. The van der Waals surface area contributed by atoms with Crippen molar-refractivity contribution in [1.29, 1.82) is 0 Å². The van der Waals surface area contributed by atoms with E-state index >= 15 is 0 Å². The Labute approximate surface area is 160 Å². The molecule has 2 aromatic carbocycles. The van der Waals surface area contributed by atoms with E-state index in [2.05, 4.69) is 29.3 Å². The largest absolute Gasteiger partial charge is 0.357 e. The fourth-order valence-corrected chi connectivity index (χ4v) is 3.80. The van der Waals surface area contributed by atoms with Gasteiger partial charge in [-0.05, 0) is 37.0 Å². The normalized spacial score (nSPS) is 15.1. The lowest BCUT2D eigenvalue weighted by Crippen LogP contribution is -2.29. The van der Waals surface area contributed by atoms with Crippen LogP contribution in [-0.2, 0) is 0 Å². The van der Waals surface area contributed by atoms with Gasteiger partial charge in [-0.1, -0.05) is 55.5 Å². The Balaban J connectivity index is 1.69. The number of pyridine rings is 1. The van der Waals surface area contributed by atoms with Gasteiger partial charge in [0.25, 0.3) is 5.91 Å². The lowest BCUT2D eigenvalue weighted by Gasteiger charge is -2.21. The van der Waals surface area contributed by atoms with Crippen LogP contribution in [0.15, 0.2) is 60.7 Å². The molecule has 0 radical (unpaired) electrons. The fraction of sp³-hybridized carbons (Fsp3) is 0.304. The molecule has 1 N–H and O–H groups in total. The summed E-state index contributed by atoms with van der Waals surface area (Å²) in [6.45, 7) is 4.11. The second-order valence-corrected chi connectivity index (χ2v) is 7.08. The molecule has 1 saturated heterocycles. The zero-order chi connectivity index (χ0) is 18.6. The second kappa shape index (κ2) is 7.78. The Hall–Kier alpha value is -2.88. The average molecular weight is 359 g/mol. The minimum Gasteiger partial charge on any atom is -0.357 e. The third-order valence-corrected chi connectivity index (χ3v) is 5.29. The van der Waals surface area contributed by atoms with E-state index in [0.29, 0.717) is 5.56 Å². The first-order chi connectivity index (χ1) is 13.3. The van der Waals surface area contributed by atoms with Gasteiger partial charge in [0.1, 0.15) is 5.82 Å². The lowest BCUT2D eigenvalue weighted by atomic mass is 10.0. The number of carbonyl (C=O) groups is 1. The molecule has 1 unspecified atom stereocenters. The standard InChI is InChI=1S/C23H25N3O/c1-2-20(17-10-4-3-5-11-17)25-23(27)19-16-22(26-14-8-9-15-26)24-21-13-7-6-12-18(19)21/h3-7,10-13,16,20H,2,8-9,14-15H2,1H3,(H,25,27). The van der Waals surface area contributed by atoms with E-state index in [1.54, 1.807) is 0 Å². The third kappa shape index (κ3) is 3.65.